The molecular weight excluding hydrogens is 320 g/mol. The van der Waals surface area contributed by atoms with Crippen molar-refractivity contribution in [1.82, 2.24) is 0 Å². The quantitative estimate of drug-likeness (QED) is 0.468. The van der Waals surface area contributed by atoms with Crippen molar-refractivity contribution < 1.29 is 11.7 Å². The third-order valence-electron chi connectivity index (χ3n) is 5.50. The van der Waals surface area contributed by atoms with Crippen LogP contribution in [0.5, 0.6) is 0 Å². The molecule has 0 heterocycles. The van der Waals surface area contributed by atoms with E-state index in [0.29, 0.717) is 5.78 Å². The van der Waals surface area contributed by atoms with Crippen molar-refractivity contribution in [3.05, 3.63) is 24.8 Å². The Morgan fingerprint density at radius 1 is 1.04 bits per heavy atom. The van der Waals surface area contributed by atoms with Crippen molar-refractivity contribution in [3.8, 4) is 0 Å². The Balaban J connectivity index is -0.000000336. The average molecular weight is 369 g/mol. The Morgan fingerprint density at radius 2 is 1.58 bits per heavy atom. The van der Waals surface area contributed by atoms with Crippen molar-refractivity contribution >= 4 is 5.78 Å². The zero-order valence-corrected chi connectivity index (χ0v) is 16.8. The second-order valence-electron chi connectivity index (χ2n) is 8.10. The predicted molar refractivity (Wildman–Crippen MR) is 119 cm³/mol. The molecule has 0 aromatic heterocycles. The van der Waals surface area contributed by atoms with Gasteiger partial charge in [-0.2, -0.15) is 0 Å². The van der Waals surface area contributed by atoms with E-state index in [0.717, 1.165) is 30.6 Å². The molecule has 3 aliphatic rings. The fraction of sp³-hybridized carbons (Fsp3) is 0.792. The molecule has 0 saturated heterocycles. The van der Waals surface area contributed by atoms with E-state index in [1.54, 1.807) is 6.92 Å². The Hall–Kier alpha value is -0.890. The molecule has 156 valence electrons. The Morgan fingerprint density at radius 3 is 2.00 bits per heavy atom. The first-order chi connectivity index (χ1) is 11.6. The Bertz CT molecular complexity index is 361. The van der Waals surface area contributed by atoms with Crippen molar-refractivity contribution in [2.75, 3.05) is 0 Å². The van der Waals surface area contributed by atoms with E-state index in [1.807, 2.05) is 0 Å². The Kier molecular flexibility index (Phi) is 18.4. The lowest BCUT2D eigenvalue weighted by molar-refractivity contribution is -0.117. The molecule has 3 aliphatic carbocycles. The number of carbonyl (C=O) groups excluding carboxylic acids is 1. The minimum atomic E-state index is 0. The van der Waals surface area contributed by atoms with E-state index < -0.39 is 0 Å². The van der Waals surface area contributed by atoms with Crippen LogP contribution in [-0.2, 0) is 4.79 Å². The van der Waals surface area contributed by atoms with Gasteiger partial charge in [0.05, 0.1) is 0 Å². The summed E-state index contributed by atoms with van der Waals surface area (Å²) in [6, 6.07) is 0. The molecule has 0 radical (unpaired) electrons. The first-order valence-corrected chi connectivity index (χ1v) is 10.4. The van der Waals surface area contributed by atoms with Crippen molar-refractivity contribution in [2.24, 2.45) is 17.8 Å². The van der Waals surface area contributed by atoms with Crippen LogP contribution in [0.15, 0.2) is 24.8 Å². The molecule has 2 fully saturated rings. The van der Waals surface area contributed by atoms with Gasteiger partial charge in [0, 0.05) is 7.85 Å². The molecule has 0 aromatic carbocycles. The van der Waals surface area contributed by atoms with Crippen LogP contribution in [0, 0.1) is 17.8 Å². The van der Waals surface area contributed by atoms with Gasteiger partial charge in [-0.25, -0.2) is 0 Å². The third-order valence-corrected chi connectivity index (χ3v) is 5.50. The summed E-state index contributed by atoms with van der Waals surface area (Å²) < 4.78 is 0. The summed E-state index contributed by atoms with van der Waals surface area (Å²) in [6.07, 6.45) is 23.5. The van der Waals surface area contributed by atoms with Gasteiger partial charge in [0.2, 0.25) is 0 Å². The van der Waals surface area contributed by atoms with Gasteiger partial charge in [0.1, 0.15) is 5.78 Å². The van der Waals surface area contributed by atoms with Crippen LogP contribution in [-0.4, -0.2) is 11.3 Å². The van der Waals surface area contributed by atoms with Crippen molar-refractivity contribution in [2.45, 2.75) is 105 Å². The third kappa shape index (κ3) is 16.6. The molecule has 0 atom stereocenters. The molecule has 0 aliphatic heterocycles. The summed E-state index contributed by atoms with van der Waals surface area (Å²) >= 11 is 0. The van der Waals surface area contributed by atoms with Crippen LogP contribution in [0.3, 0.4) is 0 Å². The summed E-state index contributed by atoms with van der Waals surface area (Å²) in [5.74, 6) is 3.18. The van der Waals surface area contributed by atoms with Crippen LogP contribution < -0.4 is 0 Å². The zero-order chi connectivity index (χ0) is 17.6. The van der Waals surface area contributed by atoms with E-state index in [1.165, 1.54) is 70.6 Å². The summed E-state index contributed by atoms with van der Waals surface area (Å²) in [4.78, 5) is 10.7. The van der Waals surface area contributed by atoms with E-state index in [9.17, 15) is 4.79 Å². The Labute approximate surface area is 165 Å². The van der Waals surface area contributed by atoms with Crippen molar-refractivity contribution in [3.63, 3.8) is 0 Å². The molecule has 2 nitrogen and oxygen atoms in total. The highest BCUT2D eigenvalue weighted by Crippen LogP contribution is 2.30. The number of rotatable bonds is 5. The highest BCUT2D eigenvalue weighted by molar-refractivity contribution is 5.75. The largest absolute Gasteiger partial charge is 0.412 e. The lowest BCUT2D eigenvalue weighted by Gasteiger charge is -2.24. The smallest absolute Gasteiger partial charge is 0.129 e. The highest BCUT2D eigenvalue weighted by Gasteiger charge is 2.16. The second kappa shape index (κ2) is 17.5. The first-order valence-electron chi connectivity index (χ1n) is 10.4. The lowest BCUT2D eigenvalue weighted by Crippen LogP contribution is -2.11. The number of allylic oxidation sites excluding steroid dienone is 3. The van der Waals surface area contributed by atoms with Gasteiger partial charge in [-0.1, -0.05) is 77.5 Å². The topological polar surface area (TPSA) is 48.6 Å². The number of carbonyl (C=O) groups is 1. The molecule has 0 aromatic rings. The van der Waals surface area contributed by atoms with Gasteiger partial charge in [0.15, 0.2) is 0 Å². The number of hydrogen-bond donors (Lipinski definition) is 0. The van der Waals surface area contributed by atoms with Gasteiger partial charge in [0.25, 0.3) is 0 Å². The van der Waals surface area contributed by atoms with Crippen LogP contribution >= 0.6 is 0 Å². The molecular formula is C24H48O2. The van der Waals surface area contributed by atoms with E-state index in [-0.39, 0.29) is 14.3 Å². The molecule has 2 saturated carbocycles. The van der Waals surface area contributed by atoms with E-state index in [4.69, 9.17) is 0 Å². The monoisotopic (exact) mass is 368 g/mol. The molecule has 0 unspecified atom stereocenters. The maximum atomic E-state index is 10.7. The zero-order valence-electron chi connectivity index (χ0n) is 16.8. The molecule has 0 spiro atoms. The maximum absolute atomic E-state index is 10.7. The van der Waals surface area contributed by atoms with Gasteiger partial charge in [-0.05, 0) is 56.8 Å². The summed E-state index contributed by atoms with van der Waals surface area (Å²) in [7, 11) is 0. The van der Waals surface area contributed by atoms with Gasteiger partial charge >= 0.3 is 0 Å². The average Bonchev–Trinajstić information content (AvgIpc) is 3.46. The number of ketones is 1. The van der Waals surface area contributed by atoms with Crippen molar-refractivity contribution in [1.29, 1.82) is 0 Å². The minimum absolute atomic E-state index is 0. The minimum Gasteiger partial charge on any atom is -0.412 e. The molecule has 0 amide bonds. The molecule has 0 bridgehead atoms. The first kappa shape index (κ1) is 27.3. The van der Waals surface area contributed by atoms with Crippen LogP contribution in [0.2, 0.25) is 0 Å². The van der Waals surface area contributed by atoms with E-state index >= 15 is 0 Å². The summed E-state index contributed by atoms with van der Waals surface area (Å²) in [5, 5.41) is 0. The second-order valence-corrected chi connectivity index (χ2v) is 8.10. The normalized spacial score (nSPS) is 23.6. The van der Waals surface area contributed by atoms with Crippen LogP contribution in [0.25, 0.3) is 0 Å². The highest BCUT2D eigenvalue weighted by atomic mass is 16.1. The SMILES string of the molecule is C.C1=CC1.C=CCC1CCC(C)CC1.CC(=O)CCC1CCCCC1.O.[HH]. The van der Waals surface area contributed by atoms with E-state index in [2.05, 4.69) is 31.7 Å². The molecule has 26 heavy (non-hydrogen) atoms. The van der Waals surface area contributed by atoms with Gasteiger partial charge in [-0.15, -0.1) is 6.58 Å². The lowest BCUT2D eigenvalue weighted by atomic mass is 9.81. The fourth-order valence-corrected chi connectivity index (χ4v) is 3.68. The number of Topliss-reactive ketones (excluding diaryl/α,β-unsaturated/α-hetero) is 1. The summed E-state index contributed by atoms with van der Waals surface area (Å²) in [6.45, 7) is 7.84. The molecule has 2 N–H and O–H groups in total. The molecule has 3 rings (SSSR count). The summed E-state index contributed by atoms with van der Waals surface area (Å²) in [5.41, 5.74) is 0. The maximum Gasteiger partial charge on any atom is 0.129 e. The number of hydrogen-bond acceptors (Lipinski definition) is 1. The van der Waals surface area contributed by atoms with Gasteiger partial charge < -0.3 is 10.3 Å². The van der Waals surface area contributed by atoms with Crippen LogP contribution in [0.4, 0.5) is 0 Å². The standard InChI is InChI=1S/C10H18O.C10H18.C3H4.CH4.H2O.H2/c1-9(11)7-8-10-5-3-2-4-6-10;1-3-4-10-7-5-9(2)6-8-10;1-2-3-1;;;/h10H,2-8H2,1H3;3,9-10H,1,4-8H2,2H3;1-2H,3H2;1H4;1H2;1H. The molecule has 2 heteroatoms. The van der Waals surface area contributed by atoms with Crippen LogP contribution in [0.1, 0.15) is 106 Å². The predicted octanol–water partition coefficient (Wildman–Crippen LogP) is 7.33. The fourth-order valence-electron chi connectivity index (χ4n) is 3.68. The van der Waals surface area contributed by atoms with Gasteiger partial charge in [-0.3, -0.25) is 0 Å².